The van der Waals surface area contributed by atoms with Crippen LogP contribution in [-0.4, -0.2) is 39.9 Å². The Kier molecular flexibility index (Phi) is 5.27. The average molecular weight is 510 g/mol. The summed E-state index contributed by atoms with van der Waals surface area (Å²) in [6.45, 7) is 3.94. The summed E-state index contributed by atoms with van der Waals surface area (Å²) in [5.74, 6) is -2.76. The molecule has 6 nitrogen and oxygen atoms in total. The Balaban J connectivity index is 1.70. The lowest BCUT2D eigenvalue weighted by Crippen LogP contribution is -2.39. The Hall–Kier alpha value is -2.80. The van der Waals surface area contributed by atoms with Crippen LogP contribution in [0, 0.1) is 17.8 Å². The maximum absolute atomic E-state index is 13.4. The highest BCUT2D eigenvalue weighted by atomic mass is 79.9. The molecule has 1 aliphatic heterocycles. The van der Waals surface area contributed by atoms with Gasteiger partial charge in [-0.25, -0.2) is 0 Å². The standard InChI is InChI=1S/C26H24BrNO5/c1-3-8-28-25(32)15-6-5-14-16(22(15)26(28)33)11-18-20(30)9-12(2)24(31)23(18)21(14)17-10-13(27)4-7-19(17)29/h4-5,7,9-10,15-16,21-22,29H,3,6,8,11H2,1-2H3. The van der Waals surface area contributed by atoms with Gasteiger partial charge in [0.15, 0.2) is 11.6 Å². The van der Waals surface area contributed by atoms with E-state index in [-0.39, 0.29) is 41.5 Å². The molecular formula is C26H24BrNO5. The Morgan fingerprint density at radius 2 is 1.88 bits per heavy atom. The van der Waals surface area contributed by atoms with E-state index in [0.29, 0.717) is 41.7 Å². The highest BCUT2D eigenvalue weighted by molar-refractivity contribution is 9.10. The molecule has 0 bridgehead atoms. The number of hydrogen-bond acceptors (Lipinski definition) is 5. The van der Waals surface area contributed by atoms with Crippen molar-refractivity contribution in [2.45, 2.75) is 39.0 Å². The molecule has 5 rings (SSSR count). The van der Waals surface area contributed by atoms with E-state index in [1.165, 1.54) is 11.0 Å². The van der Waals surface area contributed by atoms with Gasteiger partial charge in [0.2, 0.25) is 11.8 Å². The fourth-order valence-electron chi connectivity index (χ4n) is 5.98. The van der Waals surface area contributed by atoms with E-state index < -0.39 is 17.8 Å². The molecule has 7 heteroatoms. The number of aromatic hydroxyl groups is 1. The number of halogens is 1. The fourth-order valence-corrected chi connectivity index (χ4v) is 6.36. The monoisotopic (exact) mass is 509 g/mol. The average Bonchev–Trinajstić information content (AvgIpc) is 3.03. The number of amides is 2. The fraction of sp³-hybridized carbons (Fsp3) is 0.385. The molecule has 33 heavy (non-hydrogen) atoms. The first-order valence-corrected chi connectivity index (χ1v) is 12.1. The number of fused-ring (bicyclic) bond motifs is 3. The normalized spacial score (nSPS) is 29.0. The third-order valence-corrected chi connectivity index (χ3v) is 7.90. The first-order chi connectivity index (χ1) is 15.7. The molecule has 4 unspecified atom stereocenters. The van der Waals surface area contributed by atoms with Crippen LogP contribution in [0.25, 0.3) is 0 Å². The van der Waals surface area contributed by atoms with Crippen LogP contribution in [0.5, 0.6) is 5.75 Å². The van der Waals surface area contributed by atoms with Crippen LogP contribution in [0.4, 0.5) is 0 Å². The molecule has 3 aliphatic carbocycles. The van der Waals surface area contributed by atoms with Gasteiger partial charge in [-0.2, -0.15) is 0 Å². The van der Waals surface area contributed by atoms with Gasteiger partial charge in [-0.15, -0.1) is 0 Å². The van der Waals surface area contributed by atoms with Gasteiger partial charge in [-0.05, 0) is 56.4 Å². The van der Waals surface area contributed by atoms with Crippen molar-refractivity contribution in [3.8, 4) is 5.75 Å². The van der Waals surface area contributed by atoms with Crippen LogP contribution in [-0.2, 0) is 19.2 Å². The highest BCUT2D eigenvalue weighted by Gasteiger charge is 2.56. The van der Waals surface area contributed by atoms with E-state index in [4.69, 9.17) is 0 Å². The molecule has 1 aromatic rings. The summed E-state index contributed by atoms with van der Waals surface area (Å²) in [6, 6.07) is 5.03. The third kappa shape index (κ3) is 3.20. The maximum Gasteiger partial charge on any atom is 0.233 e. The number of likely N-dealkylation sites (tertiary alicyclic amines) is 1. The number of benzene rings is 1. The van der Waals surface area contributed by atoms with Crippen molar-refractivity contribution in [3.05, 3.63) is 62.7 Å². The zero-order valence-corrected chi connectivity index (χ0v) is 20.0. The van der Waals surface area contributed by atoms with Gasteiger partial charge in [0, 0.05) is 39.2 Å². The first-order valence-electron chi connectivity index (χ1n) is 11.3. The molecule has 2 amide bonds. The third-order valence-electron chi connectivity index (χ3n) is 7.40. The van der Waals surface area contributed by atoms with Crippen molar-refractivity contribution >= 4 is 39.3 Å². The Bertz CT molecular complexity index is 1220. The van der Waals surface area contributed by atoms with E-state index in [1.807, 2.05) is 13.0 Å². The predicted molar refractivity (Wildman–Crippen MR) is 124 cm³/mol. The van der Waals surface area contributed by atoms with Crippen molar-refractivity contribution in [3.63, 3.8) is 0 Å². The van der Waals surface area contributed by atoms with Gasteiger partial charge >= 0.3 is 0 Å². The summed E-state index contributed by atoms with van der Waals surface area (Å²) in [7, 11) is 0. The summed E-state index contributed by atoms with van der Waals surface area (Å²) in [5.41, 5.74) is 2.51. The van der Waals surface area contributed by atoms with Crippen LogP contribution >= 0.6 is 15.9 Å². The molecule has 0 spiro atoms. The van der Waals surface area contributed by atoms with Gasteiger partial charge in [-0.1, -0.05) is 34.5 Å². The number of phenols is 1. The van der Waals surface area contributed by atoms with Crippen molar-refractivity contribution in [1.82, 2.24) is 4.90 Å². The number of imide groups is 1. The maximum atomic E-state index is 13.4. The smallest absolute Gasteiger partial charge is 0.233 e. The Morgan fingerprint density at radius 3 is 2.61 bits per heavy atom. The molecule has 1 fully saturated rings. The second kappa shape index (κ2) is 7.90. The van der Waals surface area contributed by atoms with Gasteiger partial charge < -0.3 is 5.11 Å². The SMILES string of the molecule is CCCN1C(=O)C2CC=C3C(c4cc(Br)ccc4O)C4=C(CC3C2C1=O)C(=O)C=C(C)C4=O. The minimum atomic E-state index is -0.638. The predicted octanol–water partition coefficient (Wildman–Crippen LogP) is 3.99. The quantitative estimate of drug-likeness (QED) is 0.377. The number of nitrogens with zero attached hydrogens (tertiary/aromatic N) is 1. The van der Waals surface area contributed by atoms with E-state index in [2.05, 4.69) is 15.9 Å². The lowest BCUT2D eigenvalue weighted by atomic mass is 9.59. The lowest BCUT2D eigenvalue weighted by molar-refractivity contribution is -0.140. The number of carbonyl (C=O) groups excluding carboxylic acids is 4. The van der Waals surface area contributed by atoms with E-state index in [9.17, 15) is 24.3 Å². The molecule has 4 atom stereocenters. The number of ketones is 2. The van der Waals surface area contributed by atoms with E-state index >= 15 is 0 Å². The van der Waals surface area contributed by atoms with Crippen molar-refractivity contribution in [1.29, 1.82) is 0 Å². The van der Waals surface area contributed by atoms with E-state index in [0.717, 1.165) is 10.0 Å². The number of rotatable bonds is 3. The molecule has 170 valence electrons. The second-order valence-electron chi connectivity index (χ2n) is 9.26. The minimum absolute atomic E-state index is 0.0209. The number of allylic oxidation sites excluding steroid dienone is 6. The van der Waals surface area contributed by atoms with Crippen LogP contribution in [0.1, 0.15) is 44.6 Å². The molecule has 4 aliphatic rings. The molecular weight excluding hydrogens is 486 g/mol. The van der Waals surface area contributed by atoms with Crippen molar-refractivity contribution in [2.24, 2.45) is 17.8 Å². The molecule has 1 saturated heterocycles. The molecule has 1 aromatic carbocycles. The second-order valence-corrected chi connectivity index (χ2v) is 10.2. The largest absolute Gasteiger partial charge is 0.508 e. The summed E-state index contributed by atoms with van der Waals surface area (Å²) in [6.07, 6.45) is 4.67. The summed E-state index contributed by atoms with van der Waals surface area (Å²) >= 11 is 3.45. The zero-order chi connectivity index (χ0) is 23.6. The van der Waals surface area contributed by atoms with Crippen LogP contribution in [0.3, 0.4) is 0 Å². The van der Waals surface area contributed by atoms with Gasteiger partial charge in [0.25, 0.3) is 0 Å². The summed E-state index contributed by atoms with van der Waals surface area (Å²) < 4.78 is 0.733. The molecule has 0 radical (unpaired) electrons. The Morgan fingerprint density at radius 1 is 1.12 bits per heavy atom. The topological polar surface area (TPSA) is 91.8 Å². The van der Waals surface area contributed by atoms with E-state index in [1.54, 1.807) is 25.1 Å². The van der Waals surface area contributed by atoms with Crippen molar-refractivity contribution < 1.29 is 24.3 Å². The molecule has 0 saturated carbocycles. The zero-order valence-electron chi connectivity index (χ0n) is 18.4. The number of phenolic OH excluding ortho intramolecular Hbond substituents is 1. The first kappa shape index (κ1) is 22.0. The lowest BCUT2D eigenvalue weighted by Gasteiger charge is -2.42. The molecule has 1 heterocycles. The van der Waals surface area contributed by atoms with Gasteiger partial charge in [0.1, 0.15) is 5.75 Å². The molecule has 1 N–H and O–H groups in total. The van der Waals surface area contributed by atoms with Crippen LogP contribution in [0.15, 0.2) is 57.1 Å². The number of carbonyl (C=O) groups is 4. The van der Waals surface area contributed by atoms with Gasteiger partial charge in [0.05, 0.1) is 11.8 Å². The van der Waals surface area contributed by atoms with Crippen molar-refractivity contribution in [2.75, 3.05) is 6.54 Å². The summed E-state index contributed by atoms with van der Waals surface area (Å²) in [5, 5.41) is 10.8. The van der Waals surface area contributed by atoms with Gasteiger partial charge in [-0.3, -0.25) is 24.1 Å². The Labute approximate surface area is 200 Å². The van der Waals surface area contributed by atoms with Crippen LogP contribution in [0.2, 0.25) is 0 Å². The van der Waals surface area contributed by atoms with Crippen LogP contribution < -0.4 is 0 Å². The number of hydrogen-bond donors (Lipinski definition) is 1. The number of Topliss-reactive ketones (excluding diaryl/α,β-unsaturated/α-hetero) is 1. The summed E-state index contributed by atoms with van der Waals surface area (Å²) in [4.78, 5) is 54.1. The highest BCUT2D eigenvalue weighted by Crippen LogP contribution is 2.56. The minimum Gasteiger partial charge on any atom is -0.508 e. The molecule has 0 aromatic heterocycles.